The quantitative estimate of drug-likeness (QED) is 0.531. The summed E-state index contributed by atoms with van der Waals surface area (Å²) in [5.74, 6) is 0.514. The van der Waals surface area contributed by atoms with Crippen molar-refractivity contribution in [1.82, 2.24) is 0 Å². The normalized spacial score (nSPS) is 11.8. The van der Waals surface area contributed by atoms with Crippen molar-refractivity contribution >= 4 is 6.16 Å². The average molecular weight is 182 g/mol. The molecule has 1 unspecified atom stereocenters. The third-order valence-corrected chi connectivity index (χ3v) is 1.43. The molecule has 0 aliphatic heterocycles. The first-order chi connectivity index (χ1) is 6.27. The number of ether oxygens (including phenoxy) is 2. The van der Waals surface area contributed by atoms with Crippen LogP contribution in [0, 0.1) is 0 Å². The van der Waals surface area contributed by atoms with Crippen LogP contribution in [0.5, 0.6) is 0 Å². The molecule has 1 rings (SSSR count). The summed E-state index contributed by atoms with van der Waals surface area (Å²) in [5, 5.41) is 0. The Labute approximate surface area is 75.7 Å². The summed E-state index contributed by atoms with van der Waals surface area (Å²) >= 11 is 0. The number of hydrogen-bond acceptors (Lipinski definition) is 4. The highest BCUT2D eigenvalue weighted by Gasteiger charge is 2.15. The van der Waals surface area contributed by atoms with Crippen LogP contribution in [0.1, 0.15) is 11.9 Å². The molecular formula is C9H10O4. The standard InChI is InChI=1S/C9H10O4/c1-3-7(13-9(10)11-2)8-5-4-6-12-8/h3-7H,1H2,2H3. The van der Waals surface area contributed by atoms with Gasteiger partial charge in [0.2, 0.25) is 0 Å². The number of furan rings is 1. The van der Waals surface area contributed by atoms with Gasteiger partial charge in [-0.15, -0.1) is 0 Å². The van der Waals surface area contributed by atoms with Crippen molar-refractivity contribution in [3.63, 3.8) is 0 Å². The molecule has 0 aliphatic rings. The van der Waals surface area contributed by atoms with E-state index < -0.39 is 12.3 Å². The summed E-state index contributed by atoms with van der Waals surface area (Å²) in [7, 11) is 1.24. The molecule has 4 nitrogen and oxygen atoms in total. The smallest absolute Gasteiger partial charge is 0.465 e. The number of carbonyl (C=O) groups is 1. The molecule has 0 fully saturated rings. The molecule has 0 radical (unpaired) electrons. The fraction of sp³-hybridized carbons (Fsp3) is 0.222. The number of methoxy groups -OCH3 is 1. The molecule has 1 heterocycles. The zero-order valence-corrected chi connectivity index (χ0v) is 7.23. The molecule has 0 aliphatic carbocycles. The van der Waals surface area contributed by atoms with Crippen molar-refractivity contribution in [1.29, 1.82) is 0 Å². The first kappa shape index (κ1) is 9.38. The SMILES string of the molecule is C=CC(OC(=O)OC)c1ccco1. The molecule has 1 aromatic heterocycles. The van der Waals surface area contributed by atoms with Crippen LogP contribution in [-0.2, 0) is 9.47 Å². The van der Waals surface area contributed by atoms with E-state index in [-0.39, 0.29) is 0 Å². The lowest BCUT2D eigenvalue weighted by atomic mass is 10.3. The zero-order valence-electron chi connectivity index (χ0n) is 7.23. The predicted molar refractivity (Wildman–Crippen MR) is 45.1 cm³/mol. The van der Waals surface area contributed by atoms with Crippen molar-refractivity contribution < 1.29 is 18.7 Å². The van der Waals surface area contributed by atoms with Crippen molar-refractivity contribution in [2.45, 2.75) is 6.10 Å². The maximum absolute atomic E-state index is 10.7. The van der Waals surface area contributed by atoms with Crippen LogP contribution in [0.2, 0.25) is 0 Å². The molecule has 0 N–H and O–H groups in total. The Morgan fingerprint density at radius 2 is 2.54 bits per heavy atom. The molecule has 1 atom stereocenters. The van der Waals surface area contributed by atoms with Crippen LogP contribution in [0.15, 0.2) is 35.5 Å². The maximum atomic E-state index is 10.7. The van der Waals surface area contributed by atoms with Gasteiger partial charge in [0, 0.05) is 0 Å². The Bertz CT molecular complexity index is 276. The summed E-state index contributed by atoms with van der Waals surface area (Å²) in [6, 6.07) is 3.39. The third kappa shape index (κ3) is 2.37. The van der Waals surface area contributed by atoms with E-state index in [1.807, 2.05) is 0 Å². The number of carbonyl (C=O) groups excluding carboxylic acids is 1. The maximum Gasteiger partial charge on any atom is 0.509 e. The van der Waals surface area contributed by atoms with Crippen molar-refractivity contribution in [2.75, 3.05) is 7.11 Å². The second-order valence-electron chi connectivity index (χ2n) is 2.24. The van der Waals surface area contributed by atoms with Crippen LogP contribution in [0.3, 0.4) is 0 Å². The van der Waals surface area contributed by atoms with Gasteiger partial charge < -0.3 is 13.9 Å². The summed E-state index contributed by atoms with van der Waals surface area (Å²) in [6.45, 7) is 3.51. The van der Waals surface area contributed by atoms with E-state index in [4.69, 9.17) is 9.15 Å². The van der Waals surface area contributed by atoms with E-state index in [0.29, 0.717) is 5.76 Å². The van der Waals surface area contributed by atoms with E-state index in [9.17, 15) is 4.79 Å². The molecule has 0 saturated heterocycles. The Hall–Kier alpha value is -1.71. The Balaban J connectivity index is 2.64. The number of rotatable bonds is 3. The molecule has 1 aromatic rings. The molecule has 4 heteroatoms. The van der Waals surface area contributed by atoms with Crippen molar-refractivity contribution in [2.24, 2.45) is 0 Å². The van der Waals surface area contributed by atoms with Gasteiger partial charge in [0.05, 0.1) is 13.4 Å². The fourth-order valence-electron chi connectivity index (χ4n) is 0.827. The molecule has 13 heavy (non-hydrogen) atoms. The lowest BCUT2D eigenvalue weighted by molar-refractivity contribution is 0.0456. The van der Waals surface area contributed by atoms with E-state index in [1.54, 1.807) is 12.1 Å². The van der Waals surface area contributed by atoms with Gasteiger partial charge in [-0.2, -0.15) is 0 Å². The van der Waals surface area contributed by atoms with Crippen LogP contribution in [0.4, 0.5) is 4.79 Å². The van der Waals surface area contributed by atoms with Crippen LogP contribution in [-0.4, -0.2) is 13.3 Å². The summed E-state index contributed by atoms with van der Waals surface area (Å²) in [5.41, 5.74) is 0. The fourth-order valence-corrected chi connectivity index (χ4v) is 0.827. The Morgan fingerprint density at radius 3 is 3.00 bits per heavy atom. The lowest BCUT2D eigenvalue weighted by Crippen LogP contribution is -2.08. The van der Waals surface area contributed by atoms with Crippen LogP contribution >= 0.6 is 0 Å². The van der Waals surface area contributed by atoms with Crippen molar-refractivity contribution in [3.8, 4) is 0 Å². The van der Waals surface area contributed by atoms with Gasteiger partial charge in [0.1, 0.15) is 5.76 Å². The molecule has 0 bridgehead atoms. The van der Waals surface area contributed by atoms with Gasteiger partial charge in [0.25, 0.3) is 0 Å². The Kier molecular flexibility index (Phi) is 3.14. The van der Waals surface area contributed by atoms with Crippen LogP contribution < -0.4 is 0 Å². The highest BCUT2D eigenvalue weighted by atomic mass is 16.7. The first-order valence-electron chi connectivity index (χ1n) is 3.68. The lowest BCUT2D eigenvalue weighted by Gasteiger charge is -2.09. The van der Waals surface area contributed by atoms with Gasteiger partial charge >= 0.3 is 6.16 Å². The monoisotopic (exact) mass is 182 g/mol. The van der Waals surface area contributed by atoms with Crippen LogP contribution in [0.25, 0.3) is 0 Å². The zero-order chi connectivity index (χ0) is 9.68. The van der Waals surface area contributed by atoms with E-state index in [1.165, 1.54) is 19.4 Å². The van der Waals surface area contributed by atoms with Gasteiger partial charge in [-0.3, -0.25) is 0 Å². The molecule has 70 valence electrons. The summed E-state index contributed by atoms with van der Waals surface area (Å²) in [4.78, 5) is 10.7. The minimum atomic E-state index is -0.763. The van der Waals surface area contributed by atoms with E-state index >= 15 is 0 Å². The minimum absolute atomic E-state index is 0.514. The van der Waals surface area contributed by atoms with Crippen molar-refractivity contribution in [3.05, 3.63) is 36.8 Å². The summed E-state index contributed by atoms with van der Waals surface area (Å²) < 4.78 is 14.2. The summed E-state index contributed by atoms with van der Waals surface area (Å²) in [6.07, 6.45) is 1.59. The van der Waals surface area contributed by atoms with E-state index in [2.05, 4.69) is 11.3 Å². The molecule has 0 amide bonds. The second kappa shape index (κ2) is 4.35. The molecule has 0 spiro atoms. The second-order valence-corrected chi connectivity index (χ2v) is 2.24. The Morgan fingerprint density at radius 1 is 1.77 bits per heavy atom. The van der Waals surface area contributed by atoms with Gasteiger partial charge in [-0.25, -0.2) is 4.79 Å². The minimum Gasteiger partial charge on any atom is -0.465 e. The molecule has 0 saturated carbocycles. The first-order valence-corrected chi connectivity index (χ1v) is 3.68. The van der Waals surface area contributed by atoms with Gasteiger partial charge in [0.15, 0.2) is 6.10 Å². The van der Waals surface area contributed by atoms with E-state index in [0.717, 1.165) is 0 Å². The topological polar surface area (TPSA) is 48.7 Å². The predicted octanol–water partition coefficient (Wildman–Crippen LogP) is 2.29. The average Bonchev–Trinajstić information content (AvgIpc) is 2.66. The molecular weight excluding hydrogens is 172 g/mol. The highest BCUT2D eigenvalue weighted by molar-refractivity contribution is 5.60. The number of hydrogen-bond donors (Lipinski definition) is 0. The van der Waals surface area contributed by atoms with Gasteiger partial charge in [-0.1, -0.05) is 6.58 Å². The largest absolute Gasteiger partial charge is 0.509 e. The highest BCUT2D eigenvalue weighted by Crippen LogP contribution is 2.18. The molecule has 0 aromatic carbocycles. The van der Waals surface area contributed by atoms with Gasteiger partial charge in [-0.05, 0) is 18.2 Å². The third-order valence-electron chi connectivity index (χ3n) is 1.43.